The van der Waals surface area contributed by atoms with Crippen LogP contribution in [0, 0.1) is 0 Å². The van der Waals surface area contributed by atoms with E-state index in [2.05, 4.69) is 0 Å². The minimum atomic E-state index is -0.887. The summed E-state index contributed by atoms with van der Waals surface area (Å²) in [6.45, 7) is 0. The average Bonchev–Trinajstić information content (AvgIpc) is 2.39. The molecule has 1 aliphatic rings. The Morgan fingerprint density at radius 2 is 1.22 bits per heavy atom. The Balaban J connectivity index is 2.30. The third-order valence-corrected chi connectivity index (χ3v) is 3.45. The quantitative estimate of drug-likeness (QED) is 0.804. The fourth-order valence-corrected chi connectivity index (χ4v) is 2.65. The van der Waals surface area contributed by atoms with Crippen LogP contribution < -0.4 is 0 Å². The highest BCUT2D eigenvalue weighted by Gasteiger charge is 2.34. The van der Waals surface area contributed by atoms with Gasteiger partial charge >= 0.3 is 5.97 Å². The van der Waals surface area contributed by atoms with Crippen molar-refractivity contribution in [1.82, 2.24) is 0 Å². The van der Waals surface area contributed by atoms with E-state index in [1.54, 1.807) is 36.4 Å². The SMILES string of the molecule is O=C(O)C1c2ccccc2C(O)c2ccccc21. The lowest BCUT2D eigenvalue weighted by atomic mass is 9.77. The molecule has 0 aromatic heterocycles. The van der Waals surface area contributed by atoms with E-state index >= 15 is 0 Å². The molecule has 0 aliphatic heterocycles. The Hall–Kier alpha value is -2.13. The zero-order chi connectivity index (χ0) is 12.7. The smallest absolute Gasteiger partial charge is 0.315 e. The molecule has 3 heteroatoms. The molecule has 0 amide bonds. The monoisotopic (exact) mass is 240 g/mol. The highest BCUT2D eigenvalue weighted by atomic mass is 16.4. The van der Waals surface area contributed by atoms with Crippen LogP contribution in [0.3, 0.4) is 0 Å². The summed E-state index contributed by atoms with van der Waals surface area (Å²) in [5.74, 6) is -1.58. The molecular formula is C15H12O3. The molecule has 2 aromatic rings. The van der Waals surface area contributed by atoms with E-state index < -0.39 is 18.0 Å². The van der Waals surface area contributed by atoms with Gasteiger partial charge in [-0.1, -0.05) is 48.5 Å². The molecule has 0 atom stereocenters. The predicted molar refractivity (Wildman–Crippen MR) is 66.4 cm³/mol. The molecule has 1 aliphatic carbocycles. The van der Waals surface area contributed by atoms with E-state index in [1.807, 2.05) is 12.1 Å². The fraction of sp³-hybridized carbons (Fsp3) is 0.133. The van der Waals surface area contributed by atoms with Crippen molar-refractivity contribution in [2.75, 3.05) is 0 Å². The largest absolute Gasteiger partial charge is 0.481 e. The highest BCUT2D eigenvalue weighted by molar-refractivity contribution is 5.83. The summed E-state index contributed by atoms with van der Waals surface area (Å²) in [6, 6.07) is 14.3. The first-order valence-electron chi connectivity index (χ1n) is 5.78. The molecule has 3 rings (SSSR count). The Morgan fingerprint density at radius 1 is 0.833 bits per heavy atom. The number of hydrogen-bond donors (Lipinski definition) is 2. The number of carbonyl (C=O) groups is 1. The third kappa shape index (κ3) is 1.45. The maximum absolute atomic E-state index is 11.5. The van der Waals surface area contributed by atoms with Crippen molar-refractivity contribution < 1.29 is 15.0 Å². The lowest BCUT2D eigenvalue weighted by Gasteiger charge is -2.29. The minimum absolute atomic E-state index is 0.677. The highest BCUT2D eigenvalue weighted by Crippen LogP contribution is 2.41. The number of aliphatic carboxylic acids is 1. The number of carboxylic acids is 1. The molecule has 0 radical (unpaired) electrons. The van der Waals surface area contributed by atoms with Crippen LogP contribution in [0.15, 0.2) is 48.5 Å². The molecule has 2 aromatic carbocycles. The Morgan fingerprint density at radius 3 is 1.61 bits per heavy atom. The standard InChI is InChI=1S/C15H12O3/c16-14-11-7-3-1-5-9(11)13(15(17)18)10-6-2-4-8-12(10)14/h1-8,13-14,16H,(H,17,18). The number of benzene rings is 2. The molecule has 0 spiro atoms. The van der Waals surface area contributed by atoms with Crippen LogP contribution in [0.5, 0.6) is 0 Å². The van der Waals surface area contributed by atoms with Gasteiger partial charge in [0.2, 0.25) is 0 Å². The van der Waals surface area contributed by atoms with Gasteiger partial charge in [-0.2, -0.15) is 0 Å². The van der Waals surface area contributed by atoms with E-state index in [9.17, 15) is 15.0 Å². The Kier molecular flexibility index (Phi) is 2.42. The van der Waals surface area contributed by atoms with Gasteiger partial charge in [-0.15, -0.1) is 0 Å². The second-order valence-corrected chi connectivity index (χ2v) is 4.43. The Bertz CT molecular complexity index is 571. The topological polar surface area (TPSA) is 57.5 Å². The van der Waals surface area contributed by atoms with Gasteiger partial charge in [-0.05, 0) is 22.3 Å². The lowest BCUT2D eigenvalue weighted by Crippen LogP contribution is -2.23. The summed E-state index contributed by atoms with van der Waals surface area (Å²) in [4.78, 5) is 11.5. The van der Waals surface area contributed by atoms with Gasteiger partial charge in [-0.25, -0.2) is 0 Å². The van der Waals surface area contributed by atoms with Gasteiger partial charge in [0, 0.05) is 0 Å². The number of aliphatic hydroxyl groups is 1. The Labute approximate surface area is 104 Å². The van der Waals surface area contributed by atoms with Gasteiger partial charge < -0.3 is 10.2 Å². The minimum Gasteiger partial charge on any atom is -0.481 e. The second kappa shape index (κ2) is 3.96. The van der Waals surface area contributed by atoms with Crippen molar-refractivity contribution in [2.45, 2.75) is 12.0 Å². The van der Waals surface area contributed by atoms with Gasteiger partial charge in [0.1, 0.15) is 12.0 Å². The molecular weight excluding hydrogens is 228 g/mol. The van der Waals surface area contributed by atoms with Crippen LogP contribution in [0.4, 0.5) is 0 Å². The van der Waals surface area contributed by atoms with Gasteiger partial charge in [0.05, 0.1) is 0 Å². The van der Waals surface area contributed by atoms with E-state index in [0.29, 0.717) is 22.3 Å². The first-order valence-corrected chi connectivity index (χ1v) is 5.78. The first kappa shape index (κ1) is 11.0. The van der Waals surface area contributed by atoms with Crippen LogP contribution in [0.25, 0.3) is 0 Å². The second-order valence-electron chi connectivity index (χ2n) is 4.43. The van der Waals surface area contributed by atoms with Crippen molar-refractivity contribution in [3.8, 4) is 0 Å². The lowest BCUT2D eigenvalue weighted by molar-refractivity contribution is -0.137. The number of carboxylic acid groups (broad SMARTS) is 1. The first-order chi connectivity index (χ1) is 8.70. The van der Waals surface area contributed by atoms with E-state index in [0.717, 1.165) is 0 Å². The number of fused-ring (bicyclic) bond motifs is 2. The summed E-state index contributed by atoms with van der Waals surface area (Å²) >= 11 is 0. The third-order valence-electron chi connectivity index (χ3n) is 3.45. The molecule has 0 unspecified atom stereocenters. The summed E-state index contributed by atoms with van der Waals surface area (Å²) in [6.07, 6.45) is -0.743. The molecule has 0 saturated heterocycles. The molecule has 90 valence electrons. The van der Waals surface area contributed by atoms with E-state index in [4.69, 9.17) is 0 Å². The summed E-state index contributed by atoms with van der Waals surface area (Å²) in [5.41, 5.74) is 2.72. The maximum Gasteiger partial charge on any atom is 0.315 e. The van der Waals surface area contributed by atoms with Gasteiger partial charge in [0.25, 0.3) is 0 Å². The van der Waals surface area contributed by atoms with Crippen LogP contribution in [-0.2, 0) is 4.79 Å². The van der Waals surface area contributed by atoms with Crippen LogP contribution >= 0.6 is 0 Å². The number of aliphatic hydroxyl groups excluding tert-OH is 1. The molecule has 2 N–H and O–H groups in total. The molecule has 0 heterocycles. The molecule has 0 fully saturated rings. The van der Waals surface area contributed by atoms with Crippen molar-refractivity contribution in [3.63, 3.8) is 0 Å². The molecule has 3 nitrogen and oxygen atoms in total. The van der Waals surface area contributed by atoms with E-state index in [-0.39, 0.29) is 0 Å². The summed E-state index contributed by atoms with van der Waals surface area (Å²) < 4.78 is 0. The summed E-state index contributed by atoms with van der Waals surface area (Å²) in [5, 5.41) is 19.8. The van der Waals surface area contributed by atoms with Crippen LogP contribution in [0.1, 0.15) is 34.3 Å². The molecule has 0 bridgehead atoms. The van der Waals surface area contributed by atoms with Crippen LogP contribution in [0.2, 0.25) is 0 Å². The maximum atomic E-state index is 11.5. The summed E-state index contributed by atoms with van der Waals surface area (Å²) in [7, 11) is 0. The van der Waals surface area contributed by atoms with Crippen molar-refractivity contribution in [3.05, 3.63) is 70.8 Å². The average molecular weight is 240 g/mol. The normalized spacial score (nSPS) is 20.9. The van der Waals surface area contributed by atoms with Crippen molar-refractivity contribution in [1.29, 1.82) is 0 Å². The zero-order valence-corrected chi connectivity index (χ0v) is 9.58. The van der Waals surface area contributed by atoms with Crippen molar-refractivity contribution in [2.24, 2.45) is 0 Å². The predicted octanol–water partition coefficient (Wildman–Crippen LogP) is 2.30. The number of hydrogen-bond acceptors (Lipinski definition) is 2. The fourth-order valence-electron chi connectivity index (χ4n) is 2.65. The number of rotatable bonds is 1. The van der Waals surface area contributed by atoms with Crippen LogP contribution in [-0.4, -0.2) is 16.2 Å². The molecule has 18 heavy (non-hydrogen) atoms. The van der Waals surface area contributed by atoms with Gasteiger partial charge in [-0.3, -0.25) is 4.79 Å². The molecule has 0 saturated carbocycles. The van der Waals surface area contributed by atoms with Crippen molar-refractivity contribution >= 4 is 5.97 Å². The van der Waals surface area contributed by atoms with Gasteiger partial charge in [0.15, 0.2) is 0 Å². The zero-order valence-electron chi connectivity index (χ0n) is 9.58. The van der Waals surface area contributed by atoms with E-state index in [1.165, 1.54) is 0 Å².